The van der Waals surface area contributed by atoms with Crippen molar-refractivity contribution in [2.45, 2.75) is 45.8 Å². The van der Waals surface area contributed by atoms with Gasteiger partial charge in [0, 0.05) is 13.1 Å². The Morgan fingerprint density at radius 1 is 1.35 bits per heavy atom. The third kappa shape index (κ3) is 4.22. The van der Waals surface area contributed by atoms with E-state index in [1.807, 2.05) is 0 Å². The zero-order valence-electron chi connectivity index (χ0n) is 14.2. The first-order valence-electron chi connectivity index (χ1n) is 8.03. The molecule has 3 atom stereocenters. The van der Waals surface area contributed by atoms with E-state index in [4.69, 9.17) is 14.2 Å². The number of esters is 1. The predicted octanol–water partition coefficient (Wildman–Crippen LogP) is 1.39. The van der Waals surface area contributed by atoms with Gasteiger partial charge in [-0.2, -0.15) is 0 Å². The number of rotatable bonds is 2. The fourth-order valence-corrected chi connectivity index (χ4v) is 2.88. The van der Waals surface area contributed by atoms with Crippen LogP contribution < -0.4 is 0 Å². The van der Waals surface area contributed by atoms with E-state index >= 15 is 0 Å². The molecule has 0 saturated carbocycles. The van der Waals surface area contributed by atoms with Crippen molar-refractivity contribution in [3.63, 3.8) is 0 Å². The molecule has 7 heteroatoms. The van der Waals surface area contributed by atoms with Gasteiger partial charge in [-0.15, -0.1) is 0 Å². The standard InChI is InChI=1S/C16H25NO6/c1-5-21-14(19)11-9-22-12-6-7-17(8-10(12)13(11)18)15(20)23-16(2,3)4/h10-12H,5-9H2,1-4H3. The lowest BCUT2D eigenvalue weighted by atomic mass is 9.82. The molecule has 2 fully saturated rings. The van der Waals surface area contributed by atoms with E-state index in [-0.39, 0.29) is 31.6 Å². The topological polar surface area (TPSA) is 82.1 Å². The van der Waals surface area contributed by atoms with Crippen molar-refractivity contribution in [3.05, 3.63) is 0 Å². The quantitative estimate of drug-likeness (QED) is 0.563. The van der Waals surface area contributed by atoms with E-state index in [2.05, 4.69) is 0 Å². The monoisotopic (exact) mass is 327 g/mol. The number of carbonyl (C=O) groups is 3. The number of Topliss-reactive ketones (excluding diaryl/α,β-unsaturated/α-hetero) is 1. The zero-order valence-corrected chi connectivity index (χ0v) is 14.2. The van der Waals surface area contributed by atoms with Crippen LogP contribution in [0.5, 0.6) is 0 Å². The number of nitrogens with zero attached hydrogens (tertiary/aromatic N) is 1. The smallest absolute Gasteiger partial charge is 0.410 e. The molecule has 0 radical (unpaired) electrons. The molecule has 2 aliphatic heterocycles. The highest BCUT2D eigenvalue weighted by Gasteiger charge is 2.46. The number of hydrogen-bond donors (Lipinski definition) is 0. The summed E-state index contributed by atoms with van der Waals surface area (Å²) in [6, 6.07) is 0. The molecule has 0 spiro atoms. The van der Waals surface area contributed by atoms with E-state index in [1.54, 1.807) is 27.7 Å². The molecule has 1 amide bonds. The molecule has 0 aromatic rings. The summed E-state index contributed by atoms with van der Waals surface area (Å²) in [5.41, 5.74) is -0.589. The van der Waals surface area contributed by atoms with Crippen LogP contribution in [0.25, 0.3) is 0 Å². The molecular weight excluding hydrogens is 302 g/mol. The maximum absolute atomic E-state index is 12.6. The largest absolute Gasteiger partial charge is 0.465 e. The maximum atomic E-state index is 12.6. The Morgan fingerprint density at radius 3 is 2.65 bits per heavy atom. The Bertz CT molecular complexity index is 483. The van der Waals surface area contributed by atoms with Gasteiger partial charge in [0.05, 0.1) is 25.2 Å². The lowest BCUT2D eigenvalue weighted by molar-refractivity contribution is -0.168. The molecule has 23 heavy (non-hydrogen) atoms. The number of fused-ring (bicyclic) bond motifs is 1. The fraction of sp³-hybridized carbons (Fsp3) is 0.812. The lowest BCUT2D eigenvalue weighted by Gasteiger charge is -2.41. The van der Waals surface area contributed by atoms with Crippen LogP contribution in [0.3, 0.4) is 0 Å². The van der Waals surface area contributed by atoms with Crippen LogP contribution in [0.4, 0.5) is 4.79 Å². The molecule has 0 aromatic carbocycles. The van der Waals surface area contributed by atoms with Crippen LogP contribution in [0.2, 0.25) is 0 Å². The first kappa shape index (κ1) is 17.7. The van der Waals surface area contributed by atoms with Gasteiger partial charge in [-0.25, -0.2) is 4.79 Å². The summed E-state index contributed by atoms with van der Waals surface area (Å²) in [6.07, 6.45) is -0.126. The van der Waals surface area contributed by atoms with Gasteiger partial charge >= 0.3 is 12.1 Å². The third-order valence-electron chi connectivity index (χ3n) is 3.96. The van der Waals surface area contributed by atoms with Crippen LogP contribution in [0.1, 0.15) is 34.1 Å². The minimum absolute atomic E-state index is 0.0608. The van der Waals surface area contributed by atoms with E-state index in [9.17, 15) is 14.4 Å². The molecule has 2 heterocycles. The molecule has 2 aliphatic rings. The van der Waals surface area contributed by atoms with Crippen molar-refractivity contribution in [1.82, 2.24) is 4.90 Å². The molecular formula is C16H25NO6. The molecule has 130 valence electrons. The second-order valence-electron chi connectivity index (χ2n) is 6.90. The van der Waals surface area contributed by atoms with Crippen molar-refractivity contribution >= 4 is 17.8 Å². The molecule has 2 rings (SSSR count). The second kappa shape index (κ2) is 6.86. The molecule has 7 nitrogen and oxygen atoms in total. The number of ether oxygens (including phenoxy) is 3. The summed E-state index contributed by atoms with van der Waals surface area (Å²) < 4.78 is 15.9. The van der Waals surface area contributed by atoms with Crippen molar-refractivity contribution in [3.8, 4) is 0 Å². The predicted molar refractivity (Wildman–Crippen MR) is 80.8 cm³/mol. The SMILES string of the molecule is CCOC(=O)C1COC2CCN(C(=O)OC(C)(C)C)CC2C1=O. The van der Waals surface area contributed by atoms with Crippen molar-refractivity contribution in [2.75, 3.05) is 26.3 Å². The van der Waals surface area contributed by atoms with Gasteiger partial charge in [0.15, 0.2) is 5.78 Å². The first-order valence-corrected chi connectivity index (χ1v) is 8.03. The van der Waals surface area contributed by atoms with Gasteiger partial charge in [-0.1, -0.05) is 0 Å². The summed E-state index contributed by atoms with van der Waals surface area (Å²) in [4.78, 5) is 38.1. The highest BCUT2D eigenvalue weighted by Crippen LogP contribution is 2.30. The van der Waals surface area contributed by atoms with Crippen LogP contribution in [0, 0.1) is 11.8 Å². The lowest BCUT2D eigenvalue weighted by Crippen LogP contribution is -2.56. The normalized spacial score (nSPS) is 28.1. The molecule has 0 bridgehead atoms. The van der Waals surface area contributed by atoms with E-state index in [1.165, 1.54) is 4.90 Å². The van der Waals surface area contributed by atoms with Gasteiger partial charge in [0.1, 0.15) is 11.5 Å². The summed E-state index contributed by atoms with van der Waals surface area (Å²) in [5, 5.41) is 0. The van der Waals surface area contributed by atoms with Crippen LogP contribution >= 0.6 is 0 Å². The molecule has 0 aromatic heterocycles. The highest BCUT2D eigenvalue weighted by atomic mass is 16.6. The maximum Gasteiger partial charge on any atom is 0.410 e. The number of amides is 1. The summed E-state index contributed by atoms with van der Waals surface area (Å²) in [7, 11) is 0. The van der Waals surface area contributed by atoms with E-state index < -0.39 is 29.5 Å². The molecule has 0 aliphatic carbocycles. The van der Waals surface area contributed by atoms with Gasteiger partial charge in [0.25, 0.3) is 0 Å². The minimum Gasteiger partial charge on any atom is -0.465 e. The average Bonchev–Trinajstić information content (AvgIpc) is 2.45. The molecule has 0 N–H and O–H groups in total. The minimum atomic E-state index is -0.894. The average molecular weight is 327 g/mol. The zero-order chi connectivity index (χ0) is 17.2. The highest BCUT2D eigenvalue weighted by molar-refractivity contribution is 6.01. The van der Waals surface area contributed by atoms with E-state index in [0.29, 0.717) is 13.0 Å². The number of piperidine rings is 1. The fourth-order valence-electron chi connectivity index (χ4n) is 2.88. The van der Waals surface area contributed by atoms with Gasteiger partial charge in [-0.05, 0) is 34.1 Å². The Labute approximate surface area is 136 Å². The van der Waals surface area contributed by atoms with Gasteiger partial charge < -0.3 is 19.1 Å². The van der Waals surface area contributed by atoms with Crippen molar-refractivity contribution in [2.24, 2.45) is 11.8 Å². The molecule has 2 saturated heterocycles. The Hall–Kier alpha value is -1.63. The second-order valence-corrected chi connectivity index (χ2v) is 6.90. The molecule has 3 unspecified atom stereocenters. The summed E-state index contributed by atoms with van der Waals surface area (Å²) in [5.74, 6) is -2.15. The van der Waals surface area contributed by atoms with E-state index in [0.717, 1.165) is 0 Å². The Morgan fingerprint density at radius 2 is 2.04 bits per heavy atom. The number of carbonyl (C=O) groups excluding carboxylic acids is 3. The number of hydrogen-bond acceptors (Lipinski definition) is 6. The van der Waals surface area contributed by atoms with Gasteiger partial charge in [0.2, 0.25) is 0 Å². The Kier molecular flexibility index (Phi) is 5.29. The summed E-state index contributed by atoms with van der Waals surface area (Å²) in [6.45, 7) is 8.06. The van der Waals surface area contributed by atoms with Crippen LogP contribution in [0.15, 0.2) is 0 Å². The number of likely N-dealkylation sites (tertiary alicyclic amines) is 1. The van der Waals surface area contributed by atoms with Crippen LogP contribution in [-0.2, 0) is 23.8 Å². The Balaban J connectivity index is 2.03. The van der Waals surface area contributed by atoms with Crippen molar-refractivity contribution < 1.29 is 28.6 Å². The number of ketones is 1. The third-order valence-corrected chi connectivity index (χ3v) is 3.96. The van der Waals surface area contributed by atoms with Gasteiger partial charge in [-0.3, -0.25) is 9.59 Å². The summed E-state index contributed by atoms with van der Waals surface area (Å²) >= 11 is 0. The van der Waals surface area contributed by atoms with Crippen molar-refractivity contribution in [1.29, 1.82) is 0 Å². The first-order chi connectivity index (χ1) is 10.7. The van der Waals surface area contributed by atoms with Crippen LogP contribution in [-0.4, -0.2) is 60.8 Å².